The van der Waals surface area contributed by atoms with Crippen LogP contribution in [0.5, 0.6) is 0 Å². The molecule has 0 radical (unpaired) electrons. The molecule has 2 heterocycles. The van der Waals surface area contributed by atoms with Crippen molar-refractivity contribution in [2.24, 2.45) is 0 Å². The largest absolute Gasteiger partial charge is 0.448 e. The van der Waals surface area contributed by atoms with Crippen LogP contribution < -0.4 is 0 Å². The predicted octanol–water partition coefficient (Wildman–Crippen LogP) is 3.96. The third kappa shape index (κ3) is 3.29. The van der Waals surface area contributed by atoms with Gasteiger partial charge in [-0.2, -0.15) is 13.2 Å². The Morgan fingerprint density at radius 3 is 2.24 bits per heavy atom. The van der Waals surface area contributed by atoms with Crippen LogP contribution in [0, 0.1) is 6.92 Å². The topological polar surface area (TPSA) is 63.7 Å². The number of benzene rings is 2. The van der Waals surface area contributed by atoms with E-state index in [0.29, 0.717) is 0 Å². The number of halogens is 3. The van der Waals surface area contributed by atoms with Crippen molar-refractivity contribution in [1.82, 2.24) is 4.31 Å². The van der Waals surface area contributed by atoms with Gasteiger partial charge in [0.1, 0.15) is 0 Å². The normalized spacial score (nSPS) is 19.5. The first-order valence-corrected chi connectivity index (χ1v) is 10.2. The van der Waals surface area contributed by atoms with Crippen molar-refractivity contribution in [2.45, 2.75) is 30.5 Å². The number of carbonyl (C=O) groups excluding carboxylic acids is 1. The highest BCUT2D eigenvalue weighted by molar-refractivity contribution is 7.89. The van der Waals surface area contributed by atoms with Gasteiger partial charge in [0.05, 0.1) is 21.7 Å². The Kier molecular flexibility index (Phi) is 4.45. The molecular weight excluding hydrogens is 407 g/mol. The Morgan fingerprint density at radius 1 is 1.03 bits per heavy atom. The second-order valence-corrected chi connectivity index (χ2v) is 8.77. The van der Waals surface area contributed by atoms with Crippen LogP contribution in [-0.2, 0) is 25.7 Å². The molecule has 0 saturated heterocycles. The van der Waals surface area contributed by atoms with Crippen molar-refractivity contribution in [3.05, 3.63) is 76.5 Å². The average Bonchev–Trinajstić information content (AvgIpc) is 3.23. The molecule has 1 atom stereocenters. The van der Waals surface area contributed by atoms with Gasteiger partial charge >= 0.3 is 12.1 Å². The SMILES string of the molecule is Cc1ccc(S(=O)(=O)N2CCC3=C2C(c2ccc(C(F)(F)F)cc2)OC3=O)cc1. The number of ether oxygens (including phenoxy) is 1. The van der Waals surface area contributed by atoms with Gasteiger partial charge in [-0.3, -0.25) is 4.31 Å². The molecule has 0 spiro atoms. The fourth-order valence-corrected chi connectivity index (χ4v) is 5.03. The van der Waals surface area contributed by atoms with Crippen molar-refractivity contribution < 1.29 is 31.1 Å². The lowest BCUT2D eigenvalue weighted by Gasteiger charge is -2.26. The summed E-state index contributed by atoms with van der Waals surface area (Å²) >= 11 is 0. The summed E-state index contributed by atoms with van der Waals surface area (Å²) in [5.74, 6) is -0.647. The summed E-state index contributed by atoms with van der Waals surface area (Å²) in [4.78, 5) is 12.3. The van der Waals surface area contributed by atoms with Gasteiger partial charge in [-0.25, -0.2) is 13.2 Å². The molecule has 0 saturated carbocycles. The lowest BCUT2D eigenvalue weighted by atomic mass is 10.0. The summed E-state index contributed by atoms with van der Waals surface area (Å²) in [6, 6.07) is 10.5. The van der Waals surface area contributed by atoms with Gasteiger partial charge in [-0.15, -0.1) is 0 Å². The molecule has 1 unspecified atom stereocenters. The molecule has 0 N–H and O–H groups in total. The Bertz CT molecular complexity index is 1100. The summed E-state index contributed by atoms with van der Waals surface area (Å²) in [7, 11) is -3.94. The second-order valence-electron chi connectivity index (χ2n) is 6.91. The van der Waals surface area contributed by atoms with Crippen LogP contribution in [0.15, 0.2) is 64.7 Å². The van der Waals surface area contributed by atoms with Crippen molar-refractivity contribution in [2.75, 3.05) is 6.54 Å². The first kappa shape index (κ1) is 19.5. The van der Waals surface area contributed by atoms with E-state index in [9.17, 15) is 26.4 Å². The van der Waals surface area contributed by atoms with Crippen LogP contribution in [0.3, 0.4) is 0 Å². The quantitative estimate of drug-likeness (QED) is 0.701. The number of hydrogen-bond acceptors (Lipinski definition) is 4. The maximum atomic E-state index is 13.1. The van der Waals surface area contributed by atoms with Crippen LogP contribution in [0.1, 0.15) is 29.2 Å². The van der Waals surface area contributed by atoms with Gasteiger partial charge in [0.15, 0.2) is 6.10 Å². The molecule has 0 aromatic heterocycles. The molecule has 29 heavy (non-hydrogen) atoms. The zero-order chi connectivity index (χ0) is 21.0. The van der Waals surface area contributed by atoms with Crippen molar-refractivity contribution in [1.29, 1.82) is 0 Å². The van der Waals surface area contributed by atoms with E-state index >= 15 is 0 Å². The van der Waals surface area contributed by atoms with E-state index in [0.717, 1.165) is 22.0 Å². The van der Waals surface area contributed by atoms with Gasteiger partial charge in [-0.05, 0) is 36.8 Å². The Morgan fingerprint density at radius 2 is 1.66 bits per heavy atom. The zero-order valence-corrected chi connectivity index (χ0v) is 16.0. The minimum absolute atomic E-state index is 0.0716. The summed E-state index contributed by atoms with van der Waals surface area (Å²) in [5, 5.41) is 0. The van der Waals surface area contributed by atoms with Gasteiger partial charge in [-0.1, -0.05) is 29.8 Å². The molecule has 0 fully saturated rings. The van der Waals surface area contributed by atoms with Gasteiger partial charge in [0.25, 0.3) is 10.0 Å². The highest BCUT2D eigenvalue weighted by atomic mass is 32.2. The smallest absolute Gasteiger partial charge is 0.416 e. The number of rotatable bonds is 3. The molecule has 152 valence electrons. The minimum Gasteiger partial charge on any atom is -0.448 e. The fraction of sp³-hybridized carbons (Fsp3) is 0.250. The van der Waals surface area contributed by atoms with Crippen molar-refractivity contribution in [3.63, 3.8) is 0 Å². The molecule has 2 aromatic carbocycles. The summed E-state index contributed by atoms with van der Waals surface area (Å²) < 4.78 is 71.2. The molecule has 5 nitrogen and oxygen atoms in total. The Labute approximate surface area is 165 Å². The van der Waals surface area contributed by atoms with E-state index in [1.54, 1.807) is 12.1 Å². The van der Waals surface area contributed by atoms with Gasteiger partial charge in [0.2, 0.25) is 0 Å². The number of nitrogens with zero attached hydrogens (tertiary/aromatic N) is 1. The van der Waals surface area contributed by atoms with Crippen molar-refractivity contribution >= 4 is 16.0 Å². The number of alkyl halides is 3. The highest BCUT2D eigenvalue weighted by Crippen LogP contribution is 2.45. The molecular formula is C20H16F3NO4S. The predicted molar refractivity (Wildman–Crippen MR) is 97.0 cm³/mol. The molecule has 9 heteroatoms. The third-order valence-electron chi connectivity index (χ3n) is 5.01. The molecule has 2 aliphatic rings. The van der Waals surface area contributed by atoms with E-state index in [1.165, 1.54) is 24.3 Å². The lowest BCUT2D eigenvalue weighted by molar-refractivity contribution is -0.141. The molecule has 0 bridgehead atoms. The molecule has 0 aliphatic carbocycles. The van der Waals surface area contributed by atoms with Crippen molar-refractivity contribution in [3.8, 4) is 0 Å². The number of carbonyl (C=O) groups is 1. The fourth-order valence-electron chi connectivity index (χ4n) is 3.50. The number of esters is 1. The number of hydrogen-bond donors (Lipinski definition) is 0. The first-order valence-electron chi connectivity index (χ1n) is 8.79. The van der Waals surface area contributed by atoms with Crippen LogP contribution in [0.25, 0.3) is 0 Å². The number of aryl methyl sites for hydroxylation is 1. The molecule has 0 amide bonds. The van der Waals surface area contributed by atoms with E-state index in [-0.39, 0.29) is 34.7 Å². The van der Waals surface area contributed by atoms with E-state index < -0.39 is 33.8 Å². The average molecular weight is 423 g/mol. The van der Waals surface area contributed by atoms with Gasteiger partial charge < -0.3 is 4.74 Å². The monoisotopic (exact) mass is 423 g/mol. The van der Waals surface area contributed by atoms with Crippen LogP contribution in [-0.4, -0.2) is 25.2 Å². The van der Waals surface area contributed by atoms with Crippen LogP contribution in [0.4, 0.5) is 13.2 Å². The first-order chi connectivity index (χ1) is 13.6. The Hall–Kier alpha value is -2.81. The lowest BCUT2D eigenvalue weighted by Crippen LogP contribution is -2.30. The minimum atomic E-state index is -4.50. The van der Waals surface area contributed by atoms with E-state index in [1.807, 2.05) is 6.92 Å². The van der Waals surface area contributed by atoms with Crippen LogP contribution >= 0.6 is 0 Å². The van der Waals surface area contributed by atoms with Crippen LogP contribution in [0.2, 0.25) is 0 Å². The highest BCUT2D eigenvalue weighted by Gasteiger charge is 2.46. The third-order valence-corrected chi connectivity index (χ3v) is 6.84. The number of sulfonamides is 1. The number of cyclic esters (lactones) is 1. The van der Waals surface area contributed by atoms with E-state index in [2.05, 4.69) is 0 Å². The molecule has 2 aromatic rings. The summed E-state index contributed by atoms with van der Waals surface area (Å²) in [6.07, 6.45) is -5.37. The second kappa shape index (κ2) is 6.62. The maximum Gasteiger partial charge on any atom is 0.416 e. The standard InChI is InChI=1S/C20H16F3NO4S/c1-12-2-8-15(9-3-12)29(26,27)24-11-10-16-17(24)18(28-19(16)25)13-4-6-14(7-5-13)20(21,22)23/h2-9,18H,10-11H2,1H3. The zero-order valence-electron chi connectivity index (χ0n) is 15.2. The molecule has 2 aliphatic heterocycles. The van der Waals surface area contributed by atoms with Gasteiger partial charge in [0, 0.05) is 13.0 Å². The molecule has 4 rings (SSSR count). The Balaban J connectivity index is 1.72. The maximum absolute atomic E-state index is 13.1. The summed E-state index contributed by atoms with van der Waals surface area (Å²) in [6.45, 7) is 1.91. The summed E-state index contributed by atoms with van der Waals surface area (Å²) in [5.41, 5.74) is 0.755. The van der Waals surface area contributed by atoms with E-state index in [4.69, 9.17) is 4.74 Å².